The lowest BCUT2D eigenvalue weighted by Gasteiger charge is -2.08. The monoisotopic (exact) mass is 206 g/mol. The van der Waals surface area contributed by atoms with Crippen LogP contribution in [0.1, 0.15) is 0 Å². The first-order valence-electron chi connectivity index (χ1n) is 3.27. The largest absolute Gasteiger partial charge is 0.573 e. The lowest BCUT2D eigenvalue weighted by atomic mass is 10.4. The average Bonchev–Trinajstić information content (AvgIpc) is 2.02. The van der Waals surface area contributed by atoms with Crippen LogP contribution >= 0.6 is 0 Å². The topological polar surface area (TPSA) is 48.4 Å². The first kappa shape index (κ1) is 10.3. The fraction of sp³-hybridized carbons (Fsp3) is 0.143. The van der Waals surface area contributed by atoms with Gasteiger partial charge < -0.3 is 9.47 Å². The summed E-state index contributed by atoms with van der Waals surface area (Å²) < 4.78 is 42.7. The van der Waals surface area contributed by atoms with Crippen molar-refractivity contribution in [1.82, 2.24) is 4.98 Å². The number of hydrogen-bond donors (Lipinski definition) is 0. The highest BCUT2D eigenvalue weighted by Crippen LogP contribution is 2.24. The number of ether oxygens (including phenoxy) is 2. The van der Waals surface area contributed by atoms with Gasteiger partial charge in [0, 0.05) is 12.3 Å². The molecule has 0 N–H and O–H groups in total. The molecule has 0 aliphatic heterocycles. The Bertz CT molecular complexity index is 326. The number of pyridine rings is 1. The third kappa shape index (κ3) is 3.30. The Morgan fingerprint density at radius 1 is 1.43 bits per heavy atom. The van der Waals surface area contributed by atoms with Gasteiger partial charge in [-0.1, -0.05) is 0 Å². The van der Waals surface area contributed by atoms with Crippen LogP contribution in [0.4, 0.5) is 13.2 Å². The molecule has 0 unspecified atom stereocenters. The van der Waals surface area contributed by atoms with Gasteiger partial charge >= 0.3 is 12.8 Å². The van der Waals surface area contributed by atoms with Crippen LogP contribution in [-0.2, 0) is 4.79 Å². The summed E-state index contributed by atoms with van der Waals surface area (Å²) in [6.07, 6.45) is -3.78. The van der Waals surface area contributed by atoms with Crippen LogP contribution in [0.5, 0.6) is 11.6 Å². The molecule has 0 aliphatic rings. The van der Waals surface area contributed by atoms with Crippen LogP contribution in [-0.4, -0.2) is 17.8 Å². The number of nitrogens with zero attached hydrogens (tertiary/aromatic N) is 1. The second kappa shape index (κ2) is 3.95. The van der Waals surface area contributed by atoms with Gasteiger partial charge in [-0.05, 0) is 6.07 Å². The fourth-order valence-electron chi connectivity index (χ4n) is 0.687. The summed E-state index contributed by atoms with van der Waals surface area (Å²) >= 11 is 0. The third-order valence-electron chi connectivity index (χ3n) is 1.09. The highest BCUT2D eigenvalue weighted by Gasteiger charge is 2.31. The van der Waals surface area contributed by atoms with Crippen molar-refractivity contribution >= 4 is 6.47 Å². The zero-order chi connectivity index (χ0) is 10.6. The molecule has 1 aromatic rings. The van der Waals surface area contributed by atoms with Gasteiger partial charge in [-0.2, -0.15) is 0 Å². The van der Waals surface area contributed by atoms with E-state index in [4.69, 9.17) is 0 Å². The molecule has 0 bridgehead atoms. The zero-order valence-electron chi connectivity index (χ0n) is 6.54. The van der Waals surface area contributed by atoms with Crippen LogP contribution in [0.15, 0.2) is 18.3 Å². The molecule has 0 fully saturated rings. The van der Waals surface area contributed by atoms with Gasteiger partial charge in [0.15, 0.2) is 0 Å². The predicted molar refractivity (Wildman–Crippen MR) is 37.2 cm³/mol. The minimum absolute atomic E-state index is 0.318. The lowest BCUT2D eigenvalue weighted by Crippen LogP contribution is -2.17. The van der Waals surface area contributed by atoms with E-state index < -0.39 is 12.1 Å². The zero-order valence-corrected chi connectivity index (χ0v) is 6.54. The second-order valence-corrected chi connectivity index (χ2v) is 2.06. The number of rotatable bonds is 3. The third-order valence-corrected chi connectivity index (χ3v) is 1.09. The summed E-state index contributed by atoms with van der Waals surface area (Å²) in [5, 5.41) is 0. The molecule has 7 heteroatoms. The standard InChI is InChI=1S/C7H3F3NO3/c8-7(9,10)14-5-1-2-11-6(3-5)13-4-12/h1-3H. The number of aromatic nitrogens is 1. The lowest BCUT2D eigenvalue weighted by molar-refractivity contribution is -0.274. The van der Waals surface area contributed by atoms with Gasteiger partial charge in [-0.3, -0.25) is 0 Å². The van der Waals surface area contributed by atoms with Crippen LogP contribution in [0.25, 0.3) is 0 Å². The molecule has 1 rings (SSSR count). The second-order valence-electron chi connectivity index (χ2n) is 2.06. The molecule has 1 radical (unpaired) electrons. The average molecular weight is 206 g/mol. The van der Waals surface area contributed by atoms with Crippen molar-refractivity contribution in [2.75, 3.05) is 0 Å². The molecule has 14 heavy (non-hydrogen) atoms. The van der Waals surface area contributed by atoms with Gasteiger partial charge in [0.2, 0.25) is 5.88 Å². The normalized spacial score (nSPS) is 10.8. The van der Waals surface area contributed by atoms with E-state index in [1.165, 1.54) is 0 Å². The Hall–Kier alpha value is -1.79. The fourth-order valence-corrected chi connectivity index (χ4v) is 0.687. The van der Waals surface area contributed by atoms with E-state index in [1.807, 2.05) is 0 Å². The maximum absolute atomic E-state index is 11.7. The van der Waals surface area contributed by atoms with E-state index >= 15 is 0 Å². The molecule has 0 amide bonds. The number of carbonyl (C=O) groups excluding carboxylic acids is 1. The Kier molecular flexibility index (Phi) is 2.90. The molecule has 4 nitrogen and oxygen atoms in total. The van der Waals surface area contributed by atoms with E-state index in [9.17, 15) is 18.0 Å². The molecule has 1 aromatic heterocycles. The van der Waals surface area contributed by atoms with Crippen molar-refractivity contribution in [1.29, 1.82) is 0 Å². The molecular weight excluding hydrogens is 203 g/mol. The highest BCUT2D eigenvalue weighted by molar-refractivity contribution is 5.44. The quantitative estimate of drug-likeness (QED) is 0.750. The smallest absolute Gasteiger partial charge is 0.406 e. The van der Waals surface area contributed by atoms with Gasteiger partial charge in [0.25, 0.3) is 0 Å². The Morgan fingerprint density at radius 2 is 2.14 bits per heavy atom. The maximum atomic E-state index is 11.7. The van der Waals surface area contributed by atoms with Crippen LogP contribution < -0.4 is 9.47 Å². The van der Waals surface area contributed by atoms with Gasteiger partial charge in [0.05, 0.1) is 0 Å². The van der Waals surface area contributed by atoms with Gasteiger partial charge in [-0.15, -0.1) is 13.2 Å². The summed E-state index contributed by atoms with van der Waals surface area (Å²) in [6.45, 7) is 1.02. The summed E-state index contributed by atoms with van der Waals surface area (Å²) in [7, 11) is 0. The minimum Gasteiger partial charge on any atom is -0.406 e. The molecule has 0 saturated carbocycles. The van der Waals surface area contributed by atoms with E-state index in [0.29, 0.717) is 0 Å². The van der Waals surface area contributed by atoms with Crippen LogP contribution in [0.2, 0.25) is 0 Å². The van der Waals surface area contributed by atoms with E-state index in [1.54, 1.807) is 0 Å². The van der Waals surface area contributed by atoms with E-state index in [0.717, 1.165) is 24.8 Å². The summed E-state index contributed by atoms with van der Waals surface area (Å²) in [5.74, 6) is -0.834. The van der Waals surface area contributed by atoms with Crippen LogP contribution in [0.3, 0.4) is 0 Å². The van der Waals surface area contributed by atoms with Crippen molar-refractivity contribution in [3.63, 3.8) is 0 Å². The predicted octanol–water partition coefficient (Wildman–Crippen LogP) is 1.43. The van der Waals surface area contributed by atoms with E-state index in [2.05, 4.69) is 14.5 Å². The minimum atomic E-state index is -4.79. The highest BCUT2D eigenvalue weighted by atomic mass is 19.4. The molecule has 0 atom stereocenters. The first-order chi connectivity index (χ1) is 6.51. The van der Waals surface area contributed by atoms with Gasteiger partial charge in [-0.25, -0.2) is 9.78 Å². The maximum Gasteiger partial charge on any atom is 0.573 e. The first-order valence-corrected chi connectivity index (χ1v) is 3.27. The molecule has 0 saturated heterocycles. The van der Waals surface area contributed by atoms with Gasteiger partial charge in [0.1, 0.15) is 5.75 Å². The molecule has 0 aliphatic carbocycles. The molecule has 0 spiro atoms. The summed E-state index contributed by atoms with van der Waals surface area (Å²) in [4.78, 5) is 13.1. The molecule has 75 valence electrons. The van der Waals surface area contributed by atoms with Crippen molar-refractivity contribution in [2.45, 2.75) is 6.36 Å². The number of halogens is 3. The van der Waals surface area contributed by atoms with E-state index in [-0.39, 0.29) is 5.88 Å². The number of alkyl halides is 3. The van der Waals surface area contributed by atoms with Crippen LogP contribution in [0, 0.1) is 0 Å². The Balaban J connectivity index is 2.78. The Morgan fingerprint density at radius 3 is 2.71 bits per heavy atom. The molecule has 0 aromatic carbocycles. The SMILES string of the molecule is O=[C]Oc1cc(OC(F)(F)F)ccn1. The van der Waals surface area contributed by atoms with Crippen molar-refractivity contribution < 1.29 is 27.4 Å². The van der Waals surface area contributed by atoms with Crippen molar-refractivity contribution in [3.05, 3.63) is 18.3 Å². The Labute approximate surface area is 76.3 Å². The molecule has 1 heterocycles. The number of hydrogen-bond acceptors (Lipinski definition) is 4. The van der Waals surface area contributed by atoms with Crippen molar-refractivity contribution in [2.24, 2.45) is 0 Å². The molecular formula is C7H3F3NO3. The van der Waals surface area contributed by atoms with Crippen molar-refractivity contribution in [3.8, 4) is 11.6 Å². The summed E-state index contributed by atoms with van der Waals surface area (Å²) in [6, 6.07) is 1.80. The summed E-state index contributed by atoms with van der Waals surface area (Å²) in [5.41, 5.74) is 0.